The third-order valence-electron chi connectivity index (χ3n) is 6.90. The first kappa shape index (κ1) is 26.1. The van der Waals surface area contributed by atoms with Crippen LogP contribution in [0.1, 0.15) is 42.7 Å². The Hall–Kier alpha value is -3.54. The van der Waals surface area contributed by atoms with Gasteiger partial charge in [-0.25, -0.2) is 4.79 Å². The average Bonchev–Trinajstić information content (AvgIpc) is 2.91. The Balaban J connectivity index is 1.41. The minimum Gasteiger partial charge on any atom is -0.490 e. The summed E-state index contributed by atoms with van der Waals surface area (Å²) < 4.78 is 11.3. The SMILES string of the molecule is CC1=C(C(=O)OCCOc2ccccc2)[C@H](c2cccc(Cl)c2)C2=C(C[C@H](c3ccc(Cl)cc3)CC2=O)N1. The van der Waals surface area contributed by atoms with Gasteiger partial charge in [-0.2, -0.15) is 0 Å². The Bertz CT molecular complexity index is 1410. The number of halogens is 2. The van der Waals surface area contributed by atoms with Crippen molar-refractivity contribution in [1.82, 2.24) is 5.32 Å². The van der Waals surface area contributed by atoms with Crippen LogP contribution in [0.15, 0.2) is 101 Å². The van der Waals surface area contributed by atoms with Gasteiger partial charge in [0.1, 0.15) is 19.0 Å². The van der Waals surface area contributed by atoms with Crippen LogP contribution in [0.25, 0.3) is 0 Å². The van der Waals surface area contributed by atoms with Crippen LogP contribution in [0.4, 0.5) is 0 Å². The number of allylic oxidation sites excluding steroid dienone is 3. The van der Waals surface area contributed by atoms with Crippen LogP contribution in [-0.4, -0.2) is 25.0 Å². The fraction of sp³-hybridized carbons (Fsp3) is 0.226. The lowest BCUT2D eigenvalue weighted by Gasteiger charge is -2.36. The summed E-state index contributed by atoms with van der Waals surface area (Å²) in [6.07, 6.45) is 0.982. The molecule has 1 aliphatic carbocycles. The Labute approximate surface area is 232 Å². The molecule has 1 heterocycles. The van der Waals surface area contributed by atoms with Crippen molar-refractivity contribution in [1.29, 1.82) is 0 Å². The number of ketones is 1. The van der Waals surface area contributed by atoms with E-state index >= 15 is 0 Å². The Morgan fingerprint density at radius 3 is 2.39 bits per heavy atom. The van der Waals surface area contributed by atoms with Crippen molar-refractivity contribution in [3.63, 3.8) is 0 Å². The molecular formula is C31H27Cl2NO4. The number of hydrogen-bond acceptors (Lipinski definition) is 5. The van der Waals surface area contributed by atoms with E-state index in [1.807, 2.05) is 73.7 Å². The van der Waals surface area contributed by atoms with E-state index in [1.165, 1.54) is 0 Å². The number of rotatable bonds is 7. The number of ether oxygens (including phenoxy) is 2. The third-order valence-corrected chi connectivity index (χ3v) is 7.39. The van der Waals surface area contributed by atoms with Crippen LogP contribution >= 0.6 is 23.2 Å². The number of carbonyl (C=O) groups is 2. The second kappa shape index (κ2) is 11.5. The van der Waals surface area contributed by atoms with E-state index < -0.39 is 11.9 Å². The molecule has 0 bridgehead atoms. The van der Waals surface area contributed by atoms with E-state index in [4.69, 9.17) is 32.7 Å². The Morgan fingerprint density at radius 1 is 0.895 bits per heavy atom. The predicted molar refractivity (Wildman–Crippen MR) is 148 cm³/mol. The first-order chi connectivity index (χ1) is 18.4. The molecule has 5 nitrogen and oxygen atoms in total. The molecule has 0 aromatic heterocycles. The predicted octanol–water partition coefficient (Wildman–Crippen LogP) is 6.98. The molecule has 2 atom stereocenters. The van der Waals surface area contributed by atoms with Gasteiger partial charge in [-0.1, -0.05) is 65.7 Å². The van der Waals surface area contributed by atoms with Crippen LogP contribution in [-0.2, 0) is 14.3 Å². The highest BCUT2D eigenvalue weighted by Gasteiger charge is 2.41. The van der Waals surface area contributed by atoms with Crippen LogP contribution in [0.2, 0.25) is 10.0 Å². The Morgan fingerprint density at radius 2 is 1.66 bits per heavy atom. The highest BCUT2D eigenvalue weighted by molar-refractivity contribution is 6.30. The van der Waals surface area contributed by atoms with Crippen LogP contribution in [0.3, 0.4) is 0 Å². The number of hydrogen-bond donors (Lipinski definition) is 1. The van der Waals surface area contributed by atoms with Gasteiger partial charge < -0.3 is 14.8 Å². The summed E-state index contributed by atoms with van der Waals surface area (Å²) in [5, 5.41) is 4.56. The standard InChI is InChI=1S/C31H27Cl2NO4/c1-19-28(31(36)38-15-14-37-25-8-3-2-4-9-25)29(21-6-5-7-24(33)16-21)30-26(34-19)17-22(18-27(30)35)20-10-12-23(32)13-11-20/h2-13,16,22,29,34H,14-15,17-18H2,1H3/t22-,29-/m0/s1. The lowest BCUT2D eigenvalue weighted by atomic mass is 9.72. The first-order valence-corrected chi connectivity index (χ1v) is 13.3. The van der Waals surface area contributed by atoms with Crippen molar-refractivity contribution in [3.8, 4) is 5.75 Å². The number of benzene rings is 3. The largest absolute Gasteiger partial charge is 0.490 e. The van der Waals surface area contributed by atoms with E-state index in [0.29, 0.717) is 45.5 Å². The zero-order valence-corrected chi connectivity index (χ0v) is 22.4. The molecule has 0 radical (unpaired) electrons. The summed E-state index contributed by atoms with van der Waals surface area (Å²) in [4.78, 5) is 27.1. The molecule has 7 heteroatoms. The van der Waals surface area contributed by atoms with Crippen molar-refractivity contribution >= 4 is 35.0 Å². The van der Waals surface area contributed by atoms with Gasteiger partial charge in [0.05, 0.1) is 5.57 Å². The summed E-state index contributed by atoms with van der Waals surface area (Å²) in [5.41, 5.74) is 4.32. The van der Waals surface area contributed by atoms with Gasteiger partial charge in [0, 0.05) is 39.4 Å². The van der Waals surface area contributed by atoms with Gasteiger partial charge in [0.15, 0.2) is 5.78 Å². The molecule has 0 spiro atoms. The van der Waals surface area contributed by atoms with Crippen molar-refractivity contribution in [2.24, 2.45) is 0 Å². The van der Waals surface area contributed by atoms with Crippen molar-refractivity contribution < 1.29 is 19.1 Å². The lowest BCUT2D eigenvalue weighted by Crippen LogP contribution is -2.36. The van der Waals surface area contributed by atoms with Gasteiger partial charge in [-0.15, -0.1) is 0 Å². The molecule has 0 amide bonds. The second-order valence-electron chi connectivity index (χ2n) is 9.42. The van der Waals surface area contributed by atoms with Crippen LogP contribution in [0, 0.1) is 0 Å². The summed E-state index contributed by atoms with van der Waals surface area (Å²) in [6.45, 7) is 2.13. The normalized spacial score (nSPS) is 19.1. The maximum Gasteiger partial charge on any atom is 0.336 e. The molecule has 0 saturated heterocycles. The number of dihydropyridines is 1. The highest BCUT2D eigenvalue weighted by atomic mass is 35.5. The molecule has 0 unspecified atom stereocenters. The summed E-state index contributed by atoms with van der Waals surface area (Å²) in [7, 11) is 0. The van der Waals surface area contributed by atoms with Crippen molar-refractivity contribution in [2.75, 3.05) is 13.2 Å². The van der Waals surface area contributed by atoms with E-state index in [1.54, 1.807) is 12.1 Å². The van der Waals surface area contributed by atoms with E-state index in [-0.39, 0.29) is 24.9 Å². The van der Waals surface area contributed by atoms with Gasteiger partial charge in [0.25, 0.3) is 0 Å². The summed E-state index contributed by atoms with van der Waals surface area (Å²) in [5.74, 6) is -0.355. The molecule has 3 aromatic carbocycles. The number of esters is 1. The molecule has 2 aliphatic rings. The fourth-order valence-electron chi connectivity index (χ4n) is 5.19. The quantitative estimate of drug-likeness (QED) is 0.255. The summed E-state index contributed by atoms with van der Waals surface area (Å²) >= 11 is 12.4. The maximum absolute atomic E-state index is 13.7. The highest BCUT2D eigenvalue weighted by Crippen LogP contribution is 2.46. The average molecular weight is 548 g/mol. The van der Waals surface area contributed by atoms with Gasteiger partial charge in [0.2, 0.25) is 0 Å². The smallest absolute Gasteiger partial charge is 0.336 e. The Kier molecular flexibility index (Phi) is 7.87. The van der Waals surface area contributed by atoms with Crippen LogP contribution < -0.4 is 10.1 Å². The maximum atomic E-state index is 13.7. The monoisotopic (exact) mass is 547 g/mol. The minimum absolute atomic E-state index is 0.00566. The molecular weight excluding hydrogens is 521 g/mol. The molecule has 5 rings (SSSR count). The third kappa shape index (κ3) is 5.64. The number of para-hydroxylation sites is 1. The van der Waals surface area contributed by atoms with E-state index in [9.17, 15) is 9.59 Å². The molecule has 1 aliphatic heterocycles. The van der Waals surface area contributed by atoms with E-state index in [0.717, 1.165) is 16.8 Å². The molecule has 0 fully saturated rings. The second-order valence-corrected chi connectivity index (χ2v) is 10.3. The number of nitrogens with one attached hydrogen (secondary N) is 1. The zero-order chi connectivity index (χ0) is 26.6. The van der Waals surface area contributed by atoms with Crippen molar-refractivity contribution in [2.45, 2.75) is 31.6 Å². The van der Waals surface area contributed by atoms with Gasteiger partial charge in [-0.3, -0.25) is 4.79 Å². The first-order valence-electron chi connectivity index (χ1n) is 12.5. The lowest BCUT2D eigenvalue weighted by molar-refractivity contribution is -0.140. The number of Topliss-reactive ketones (excluding diaryl/α,β-unsaturated/α-hetero) is 1. The van der Waals surface area contributed by atoms with Gasteiger partial charge >= 0.3 is 5.97 Å². The molecule has 1 N–H and O–H groups in total. The minimum atomic E-state index is -0.578. The summed E-state index contributed by atoms with van der Waals surface area (Å²) in [6, 6.07) is 24.3. The molecule has 194 valence electrons. The zero-order valence-electron chi connectivity index (χ0n) is 20.9. The van der Waals surface area contributed by atoms with Crippen LogP contribution in [0.5, 0.6) is 5.75 Å². The fourth-order valence-corrected chi connectivity index (χ4v) is 5.51. The topological polar surface area (TPSA) is 64.6 Å². The molecule has 38 heavy (non-hydrogen) atoms. The van der Waals surface area contributed by atoms with Crippen molar-refractivity contribution in [3.05, 3.63) is 123 Å². The van der Waals surface area contributed by atoms with Gasteiger partial charge in [-0.05, 0) is 66.8 Å². The van der Waals surface area contributed by atoms with E-state index in [2.05, 4.69) is 5.32 Å². The molecule has 0 saturated carbocycles. The number of carbonyl (C=O) groups excluding carboxylic acids is 2. The molecule has 3 aromatic rings.